The van der Waals surface area contributed by atoms with E-state index in [1.165, 1.54) is 11.3 Å². The summed E-state index contributed by atoms with van der Waals surface area (Å²) < 4.78 is 3.74. The topological polar surface area (TPSA) is 67.8 Å². The number of rotatable bonds is 3. The van der Waals surface area contributed by atoms with Crippen molar-refractivity contribution in [1.82, 2.24) is 14.6 Å². The van der Waals surface area contributed by atoms with Gasteiger partial charge in [0.05, 0.1) is 16.4 Å². The average molecular weight is 371 g/mol. The van der Waals surface area contributed by atoms with Crippen LogP contribution < -0.4 is 5.32 Å². The molecule has 1 N–H and O–H groups in total. The summed E-state index contributed by atoms with van der Waals surface area (Å²) in [4.78, 5) is 16.9. The molecule has 0 saturated carbocycles. The Bertz CT molecular complexity index is 846. The Hall–Kier alpha value is -1.54. The second-order valence-electron chi connectivity index (χ2n) is 4.30. The van der Waals surface area contributed by atoms with Gasteiger partial charge in [-0.05, 0) is 36.7 Å². The number of carbonyl (C=O) groups is 1. The highest BCUT2D eigenvalue weighted by atomic mass is 35.5. The number of thiazole rings is 1. The second-order valence-corrected chi connectivity index (χ2v) is 6.76. The van der Waals surface area contributed by atoms with E-state index < -0.39 is 0 Å². The third-order valence-electron chi connectivity index (χ3n) is 2.79. The van der Waals surface area contributed by atoms with Crippen LogP contribution in [0.25, 0.3) is 11.3 Å². The molecule has 0 aliphatic rings. The van der Waals surface area contributed by atoms with E-state index in [-0.39, 0.29) is 5.91 Å². The number of benzene rings is 1. The molecule has 3 rings (SSSR count). The van der Waals surface area contributed by atoms with Crippen LogP contribution in [-0.4, -0.2) is 20.5 Å². The summed E-state index contributed by atoms with van der Waals surface area (Å²) in [5, 5.41) is 9.95. The molecule has 0 fully saturated rings. The number of amides is 1. The maximum atomic E-state index is 12.1. The highest BCUT2D eigenvalue weighted by molar-refractivity contribution is 7.14. The molecule has 0 aliphatic heterocycles. The molecule has 0 saturated heterocycles. The van der Waals surface area contributed by atoms with E-state index in [1.54, 1.807) is 25.1 Å². The second kappa shape index (κ2) is 6.29. The van der Waals surface area contributed by atoms with Crippen LogP contribution in [-0.2, 0) is 0 Å². The third kappa shape index (κ3) is 3.12. The van der Waals surface area contributed by atoms with E-state index >= 15 is 0 Å². The number of carbonyl (C=O) groups excluding carboxylic acids is 1. The largest absolute Gasteiger partial charge is 0.297 e. The number of aryl methyl sites for hydroxylation is 1. The molecule has 0 unspecified atom stereocenters. The Morgan fingerprint density at radius 1 is 1.32 bits per heavy atom. The van der Waals surface area contributed by atoms with Gasteiger partial charge in [0.2, 0.25) is 0 Å². The lowest BCUT2D eigenvalue weighted by Crippen LogP contribution is -2.11. The maximum Gasteiger partial charge on any atom is 0.271 e. The molecule has 1 aromatic carbocycles. The van der Waals surface area contributed by atoms with E-state index in [1.807, 2.05) is 5.38 Å². The standard InChI is InChI=1S/C13H8Cl2N4OS2/c1-6-11(22-19-18-6)12(20)17-13-16-10(5-21-13)8-4-7(14)2-3-9(8)15/h2-5H,1H3,(H,16,17,20). The molecule has 22 heavy (non-hydrogen) atoms. The number of hydrogen-bond acceptors (Lipinski definition) is 6. The van der Waals surface area contributed by atoms with Gasteiger partial charge in [-0.15, -0.1) is 16.4 Å². The Labute approximate surface area is 144 Å². The van der Waals surface area contributed by atoms with Gasteiger partial charge in [0.1, 0.15) is 4.88 Å². The number of hydrogen-bond donors (Lipinski definition) is 1. The van der Waals surface area contributed by atoms with Gasteiger partial charge in [-0.3, -0.25) is 10.1 Å². The minimum Gasteiger partial charge on any atom is -0.297 e. The van der Waals surface area contributed by atoms with Crippen LogP contribution in [0.1, 0.15) is 15.4 Å². The molecule has 0 radical (unpaired) electrons. The number of anilines is 1. The SMILES string of the molecule is Cc1nnsc1C(=O)Nc1nc(-c2cc(Cl)ccc2Cl)cs1. The molecule has 1 amide bonds. The van der Waals surface area contributed by atoms with E-state index in [2.05, 4.69) is 19.9 Å². The summed E-state index contributed by atoms with van der Waals surface area (Å²) >= 11 is 14.5. The molecule has 9 heteroatoms. The minimum atomic E-state index is -0.273. The van der Waals surface area contributed by atoms with Gasteiger partial charge in [0, 0.05) is 16.0 Å². The van der Waals surface area contributed by atoms with Crippen LogP contribution in [0.2, 0.25) is 10.0 Å². The van der Waals surface area contributed by atoms with Gasteiger partial charge < -0.3 is 0 Å². The molecule has 0 aliphatic carbocycles. The number of nitrogens with zero attached hydrogens (tertiary/aromatic N) is 3. The van der Waals surface area contributed by atoms with Crippen molar-refractivity contribution in [1.29, 1.82) is 0 Å². The van der Waals surface area contributed by atoms with E-state index in [0.717, 1.165) is 17.1 Å². The van der Waals surface area contributed by atoms with Crippen LogP contribution >= 0.6 is 46.1 Å². The summed E-state index contributed by atoms with van der Waals surface area (Å²) in [6.07, 6.45) is 0. The van der Waals surface area contributed by atoms with Crippen molar-refractivity contribution in [3.8, 4) is 11.3 Å². The van der Waals surface area contributed by atoms with Crippen molar-refractivity contribution in [2.75, 3.05) is 5.32 Å². The van der Waals surface area contributed by atoms with E-state index in [4.69, 9.17) is 23.2 Å². The van der Waals surface area contributed by atoms with Crippen LogP contribution in [0.3, 0.4) is 0 Å². The lowest BCUT2D eigenvalue weighted by Gasteiger charge is -2.01. The molecule has 5 nitrogen and oxygen atoms in total. The highest BCUT2D eigenvalue weighted by Gasteiger charge is 2.16. The Kier molecular flexibility index (Phi) is 4.39. The average Bonchev–Trinajstić information content (AvgIpc) is 3.10. The van der Waals surface area contributed by atoms with Gasteiger partial charge in [-0.1, -0.05) is 27.7 Å². The lowest BCUT2D eigenvalue weighted by atomic mass is 10.2. The predicted molar refractivity (Wildman–Crippen MR) is 90.2 cm³/mol. The Morgan fingerprint density at radius 3 is 2.86 bits per heavy atom. The van der Waals surface area contributed by atoms with E-state index in [9.17, 15) is 4.79 Å². The van der Waals surface area contributed by atoms with Gasteiger partial charge in [0.15, 0.2) is 5.13 Å². The molecule has 112 valence electrons. The van der Waals surface area contributed by atoms with Crippen LogP contribution in [0.5, 0.6) is 0 Å². The molecule has 0 bridgehead atoms. The quantitative estimate of drug-likeness (QED) is 0.735. The first-order valence-electron chi connectivity index (χ1n) is 6.06. The number of aromatic nitrogens is 3. The molecule has 0 spiro atoms. The smallest absolute Gasteiger partial charge is 0.271 e. The van der Waals surface area contributed by atoms with Crippen molar-refractivity contribution in [2.24, 2.45) is 0 Å². The Morgan fingerprint density at radius 2 is 2.14 bits per heavy atom. The zero-order valence-electron chi connectivity index (χ0n) is 11.1. The first kappa shape index (κ1) is 15.4. The summed E-state index contributed by atoms with van der Waals surface area (Å²) in [5.41, 5.74) is 1.98. The van der Waals surface area contributed by atoms with Crippen molar-refractivity contribution in [3.05, 3.63) is 44.2 Å². The fourth-order valence-corrected chi connectivity index (χ4v) is 3.39. The van der Waals surface area contributed by atoms with Gasteiger partial charge in [0.25, 0.3) is 5.91 Å². The normalized spacial score (nSPS) is 10.7. The fourth-order valence-electron chi connectivity index (χ4n) is 1.74. The van der Waals surface area contributed by atoms with Crippen molar-refractivity contribution in [3.63, 3.8) is 0 Å². The molecule has 2 heterocycles. The summed E-state index contributed by atoms with van der Waals surface area (Å²) in [7, 11) is 0. The van der Waals surface area contributed by atoms with Crippen molar-refractivity contribution >= 4 is 57.1 Å². The van der Waals surface area contributed by atoms with Crippen molar-refractivity contribution < 1.29 is 4.79 Å². The molecule has 2 aromatic heterocycles. The first-order valence-corrected chi connectivity index (χ1v) is 8.47. The summed E-state index contributed by atoms with van der Waals surface area (Å²) in [6, 6.07) is 5.16. The lowest BCUT2D eigenvalue weighted by molar-refractivity contribution is 0.103. The van der Waals surface area contributed by atoms with Crippen LogP contribution in [0.15, 0.2) is 23.6 Å². The highest BCUT2D eigenvalue weighted by Crippen LogP contribution is 2.32. The molecular formula is C13H8Cl2N4OS2. The van der Waals surface area contributed by atoms with Gasteiger partial charge >= 0.3 is 0 Å². The molecule has 3 aromatic rings. The zero-order valence-corrected chi connectivity index (χ0v) is 14.3. The number of halogens is 2. The molecule has 0 atom stereocenters. The van der Waals surface area contributed by atoms with Gasteiger partial charge in [-0.25, -0.2) is 4.98 Å². The summed E-state index contributed by atoms with van der Waals surface area (Å²) in [5.74, 6) is -0.273. The monoisotopic (exact) mass is 370 g/mol. The van der Waals surface area contributed by atoms with Gasteiger partial charge in [-0.2, -0.15) is 0 Å². The third-order valence-corrected chi connectivity index (χ3v) is 4.94. The zero-order chi connectivity index (χ0) is 15.7. The maximum absolute atomic E-state index is 12.1. The minimum absolute atomic E-state index is 0.273. The summed E-state index contributed by atoms with van der Waals surface area (Å²) in [6.45, 7) is 1.73. The predicted octanol–water partition coefficient (Wildman–Crippen LogP) is 4.53. The Balaban J connectivity index is 1.84. The molecular weight excluding hydrogens is 363 g/mol. The van der Waals surface area contributed by atoms with E-state index in [0.29, 0.717) is 31.4 Å². The van der Waals surface area contributed by atoms with Crippen LogP contribution in [0, 0.1) is 6.92 Å². The number of nitrogens with one attached hydrogen (secondary N) is 1. The van der Waals surface area contributed by atoms with Crippen molar-refractivity contribution in [2.45, 2.75) is 6.92 Å². The fraction of sp³-hybridized carbons (Fsp3) is 0.0769. The van der Waals surface area contributed by atoms with Crippen LogP contribution in [0.4, 0.5) is 5.13 Å². The first-order chi connectivity index (χ1) is 10.5.